The van der Waals surface area contributed by atoms with E-state index >= 15 is 0 Å². The first kappa shape index (κ1) is 21.1. The molecule has 0 radical (unpaired) electrons. The number of aliphatic hydroxyl groups is 1. The number of hydrogen-bond donors (Lipinski definition) is 3. The fourth-order valence-electron chi connectivity index (χ4n) is 2.73. The molecule has 3 N–H and O–H groups in total. The van der Waals surface area contributed by atoms with Crippen LogP contribution in [0.4, 0.5) is 27.5 Å². The SMILES string of the molecule is CC(C)[C@H](CO)Nc1nc(Nc2ccc(F)cc2[N+](=O)[O-])cc(-c2ccncc2)n1. The maximum atomic E-state index is 13.5. The third-order valence-electron chi connectivity index (χ3n) is 4.44. The van der Waals surface area contributed by atoms with Crippen LogP contribution in [0.3, 0.4) is 0 Å². The molecule has 0 saturated carbocycles. The fourth-order valence-corrected chi connectivity index (χ4v) is 2.73. The molecule has 0 aliphatic heterocycles. The quantitative estimate of drug-likeness (QED) is 0.377. The Labute approximate surface area is 172 Å². The Morgan fingerprint density at radius 2 is 1.90 bits per heavy atom. The van der Waals surface area contributed by atoms with Gasteiger partial charge in [0.05, 0.1) is 29.3 Å². The molecule has 0 spiro atoms. The van der Waals surface area contributed by atoms with Gasteiger partial charge in [-0.3, -0.25) is 15.1 Å². The highest BCUT2D eigenvalue weighted by Crippen LogP contribution is 2.29. The van der Waals surface area contributed by atoms with Crippen molar-refractivity contribution in [2.24, 2.45) is 5.92 Å². The number of aliphatic hydroxyl groups excluding tert-OH is 1. The number of pyridine rings is 1. The van der Waals surface area contributed by atoms with Gasteiger partial charge < -0.3 is 15.7 Å². The molecule has 0 amide bonds. The normalized spacial score (nSPS) is 11.9. The third-order valence-corrected chi connectivity index (χ3v) is 4.44. The number of hydrogen-bond acceptors (Lipinski definition) is 8. The number of nitro groups is 1. The van der Waals surface area contributed by atoms with E-state index in [9.17, 15) is 19.6 Å². The van der Waals surface area contributed by atoms with Gasteiger partial charge >= 0.3 is 0 Å². The van der Waals surface area contributed by atoms with Gasteiger partial charge in [0.25, 0.3) is 5.69 Å². The number of rotatable bonds is 8. The van der Waals surface area contributed by atoms with E-state index in [0.29, 0.717) is 5.69 Å². The number of nitrogens with one attached hydrogen (secondary N) is 2. The summed E-state index contributed by atoms with van der Waals surface area (Å²) in [7, 11) is 0. The van der Waals surface area contributed by atoms with Gasteiger partial charge in [0.2, 0.25) is 5.95 Å². The predicted molar refractivity (Wildman–Crippen MR) is 111 cm³/mol. The summed E-state index contributed by atoms with van der Waals surface area (Å²) in [5, 5.41) is 26.9. The minimum absolute atomic E-state index is 0.0919. The monoisotopic (exact) mass is 412 g/mol. The minimum atomic E-state index is -0.711. The summed E-state index contributed by atoms with van der Waals surface area (Å²) >= 11 is 0. The van der Waals surface area contributed by atoms with Crippen molar-refractivity contribution >= 4 is 23.1 Å². The molecule has 3 rings (SSSR count). The number of benzene rings is 1. The highest BCUT2D eigenvalue weighted by molar-refractivity contribution is 5.71. The van der Waals surface area contributed by atoms with Crippen LogP contribution in [0.1, 0.15) is 13.8 Å². The molecule has 156 valence electrons. The Hall–Kier alpha value is -3.66. The molecule has 0 aliphatic rings. The summed E-state index contributed by atoms with van der Waals surface area (Å²) < 4.78 is 13.5. The van der Waals surface area contributed by atoms with Gasteiger partial charge in [0.15, 0.2) is 0 Å². The zero-order valence-electron chi connectivity index (χ0n) is 16.4. The largest absolute Gasteiger partial charge is 0.394 e. The molecule has 3 aromatic rings. The molecule has 10 heteroatoms. The van der Waals surface area contributed by atoms with Crippen molar-refractivity contribution in [3.05, 3.63) is 64.7 Å². The van der Waals surface area contributed by atoms with E-state index in [1.54, 1.807) is 30.6 Å². The van der Waals surface area contributed by atoms with Crippen LogP contribution >= 0.6 is 0 Å². The Kier molecular flexibility index (Phi) is 6.48. The summed E-state index contributed by atoms with van der Waals surface area (Å²) in [6.45, 7) is 3.77. The number of nitrogens with zero attached hydrogens (tertiary/aromatic N) is 4. The van der Waals surface area contributed by atoms with Crippen molar-refractivity contribution in [3.63, 3.8) is 0 Å². The van der Waals surface area contributed by atoms with E-state index in [1.165, 1.54) is 6.07 Å². The van der Waals surface area contributed by atoms with Gasteiger partial charge in [0.1, 0.15) is 17.3 Å². The fraction of sp³-hybridized carbons (Fsp3) is 0.250. The lowest BCUT2D eigenvalue weighted by Crippen LogP contribution is -2.30. The molecule has 2 aromatic heterocycles. The van der Waals surface area contributed by atoms with Crippen molar-refractivity contribution < 1.29 is 14.4 Å². The summed E-state index contributed by atoms with van der Waals surface area (Å²) in [5.41, 5.74) is 0.984. The first-order valence-corrected chi connectivity index (χ1v) is 9.25. The van der Waals surface area contributed by atoms with E-state index in [1.807, 2.05) is 13.8 Å². The number of aromatic nitrogens is 3. The van der Waals surface area contributed by atoms with Crippen LogP contribution in [0.15, 0.2) is 48.8 Å². The average Bonchev–Trinajstić information content (AvgIpc) is 2.73. The van der Waals surface area contributed by atoms with Gasteiger partial charge in [-0.25, -0.2) is 9.37 Å². The topological polar surface area (TPSA) is 126 Å². The molecular weight excluding hydrogens is 391 g/mol. The minimum Gasteiger partial charge on any atom is -0.394 e. The van der Waals surface area contributed by atoms with Gasteiger partial charge in [0, 0.05) is 24.0 Å². The summed E-state index contributed by atoms with van der Waals surface area (Å²) in [5.74, 6) is -0.0888. The van der Waals surface area contributed by atoms with E-state index in [-0.39, 0.29) is 36.0 Å². The van der Waals surface area contributed by atoms with Crippen molar-refractivity contribution in [1.29, 1.82) is 0 Å². The van der Waals surface area contributed by atoms with Crippen LogP contribution in [0.5, 0.6) is 0 Å². The number of anilines is 3. The van der Waals surface area contributed by atoms with Crippen LogP contribution in [0, 0.1) is 21.8 Å². The first-order valence-electron chi connectivity index (χ1n) is 9.25. The molecule has 0 saturated heterocycles. The molecular formula is C20H21FN6O3. The van der Waals surface area contributed by atoms with Crippen LogP contribution in [-0.4, -0.2) is 37.6 Å². The lowest BCUT2D eigenvalue weighted by molar-refractivity contribution is -0.384. The lowest BCUT2D eigenvalue weighted by Gasteiger charge is -2.20. The Balaban J connectivity index is 2.03. The Morgan fingerprint density at radius 1 is 1.17 bits per heavy atom. The van der Waals surface area contributed by atoms with E-state index < -0.39 is 16.4 Å². The van der Waals surface area contributed by atoms with Gasteiger partial charge in [-0.2, -0.15) is 4.98 Å². The Morgan fingerprint density at radius 3 is 2.53 bits per heavy atom. The van der Waals surface area contributed by atoms with E-state index in [0.717, 1.165) is 17.7 Å². The molecule has 2 heterocycles. The zero-order valence-corrected chi connectivity index (χ0v) is 16.4. The molecule has 30 heavy (non-hydrogen) atoms. The van der Waals surface area contributed by atoms with Crippen molar-refractivity contribution in [1.82, 2.24) is 15.0 Å². The molecule has 0 bridgehead atoms. The van der Waals surface area contributed by atoms with Gasteiger partial charge in [-0.05, 0) is 30.2 Å². The highest BCUT2D eigenvalue weighted by atomic mass is 19.1. The predicted octanol–water partition coefficient (Wildman–Crippen LogP) is 3.76. The van der Waals surface area contributed by atoms with Crippen molar-refractivity contribution in [2.75, 3.05) is 17.2 Å². The number of nitro benzene ring substituents is 1. The third kappa shape index (κ3) is 5.03. The number of halogens is 1. The summed E-state index contributed by atoms with van der Waals surface area (Å²) in [6.07, 6.45) is 3.24. The molecule has 1 atom stereocenters. The second-order valence-corrected chi connectivity index (χ2v) is 6.92. The van der Waals surface area contributed by atoms with Crippen LogP contribution in [0.2, 0.25) is 0 Å². The molecule has 0 aliphatic carbocycles. The summed E-state index contributed by atoms with van der Waals surface area (Å²) in [6, 6.07) is 8.11. The molecule has 0 fully saturated rings. The molecule has 0 unspecified atom stereocenters. The second-order valence-electron chi connectivity index (χ2n) is 6.92. The average molecular weight is 412 g/mol. The van der Waals surface area contributed by atoms with E-state index in [2.05, 4.69) is 25.6 Å². The standard InChI is InChI=1S/C20H21FN6O3/c1-12(2)17(11-28)25-20-24-16(13-5-7-22-8-6-13)10-19(26-20)23-15-4-3-14(21)9-18(15)27(29)30/h3-10,12,17,28H,11H2,1-2H3,(H2,23,24,25,26)/t17-/m0/s1. The second kappa shape index (κ2) is 9.23. The lowest BCUT2D eigenvalue weighted by atomic mass is 10.1. The Bertz CT molecular complexity index is 1030. The van der Waals surface area contributed by atoms with E-state index in [4.69, 9.17) is 0 Å². The van der Waals surface area contributed by atoms with Crippen LogP contribution < -0.4 is 10.6 Å². The summed E-state index contributed by atoms with van der Waals surface area (Å²) in [4.78, 5) is 23.5. The first-order chi connectivity index (χ1) is 14.4. The smallest absolute Gasteiger partial charge is 0.295 e. The van der Waals surface area contributed by atoms with Crippen LogP contribution in [-0.2, 0) is 0 Å². The van der Waals surface area contributed by atoms with Crippen molar-refractivity contribution in [2.45, 2.75) is 19.9 Å². The van der Waals surface area contributed by atoms with Gasteiger partial charge in [-0.15, -0.1) is 0 Å². The van der Waals surface area contributed by atoms with Crippen LogP contribution in [0.25, 0.3) is 11.3 Å². The maximum Gasteiger partial charge on any atom is 0.295 e. The maximum absolute atomic E-state index is 13.5. The molecule has 1 aromatic carbocycles. The van der Waals surface area contributed by atoms with Crippen molar-refractivity contribution in [3.8, 4) is 11.3 Å². The highest BCUT2D eigenvalue weighted by Gasteiger charge is 2.18. The zero-order chi connectivity index (χ0) is 21.7. The molecule has 9 nitrogen and oxygen atoms in total. The van der Waals surface area contributed by atoms with Gasteiger partial charge in [-0.1, -0.05) is 13.8 Å².